The van der Waals surface area contributed by atoms with Gasteiger partial charge >= 0.3 is 0 Å². The molecule has 3 rings (SSSR count). The molecule has 0 saturated heterocycles. The van der Waals surface area contributed by atoms with Gasteiger partial charge in [-0.3, -0.25) is 4.79 Å². The first-order chi connectivity index (χ1) is 15.3. The lowest BCUT2D eigenvalue weighted by Crippen LogP contribution is -2.32. The predicted molar refractivity (Wildman–Crippen MR) is 110 cm³/mol. The summed E-state index contributed by atoms with van der Waals surface area (Å²) in [6.45, 7) is -0.469. The van der Waals surface area contributed by atoms with Gasteiger partial charge in [0.1, 0.15) is 40.2 Å². The van der Waals surface area contributed by atoms with Gasteiger partial charge < -0.3 is 14.6 Å². The van der Waals surface area contributed by atoms with E-state index in [0.717, 1.165) is 16.4 Å². The van der Waals surface area contributed by atoms with Crippen molar-refractivity contribution in [1.29, 1.82) is 0 Å². The molecule has 0 atom stereocenters. The average molecular weight is 467 g/mol. The number of carbonyl (C=O) groups is 1. The van der Waals surface area contributed by atoms with E-state index in [1.165, 1.54) is 32.8 Å². The number of hydrogen-bond donors (Lipinski definition) is 1. The first-order valence-corrected chi connectivity index (χ1v) is 10.2. The van der Waals surface area contributed by atoms with Crippen molar-refractivity contribution in [2.24, 2.45) is 0 Å². The summed E-state index contributed by atoms with van der Waals surface area (Å²) in [5.74, 6) is -1.18. The van der Waals surface area contributed by atoms with E-state index in [1.807, 2.05) is 0 Å². The highest BCUT2D eigenvalue weighted by Gasteiger charge is 2.30. The van der Waals surface area contributed by atoms with Crippen molar-refractivity contribution < 1.29 is 36.6 Å². The van der Waals surface area contributed by atoms with Crippen LogP contribution >= 0.6 is 0 Å². The number of halogens is 2. The molecule has 0 spiro atoms. The van der Waals surface area contributed by atoms with E-state index < -0.39 is 26.6 Å². The Morgan fingerprint density at radius 1 is 1.09 bits per heavy atom. The van der Waals surface area contributed by atoms with Crippen LogP contribution in [-0.2, 0) is 21.4 Å². The number of nitrogens with zero attached hydrogens (tertiary/aromatic N) is 3. The lowest BCUT2D eigenvalue weighted by atomic mass is 10.2. The molecular formula is C20H19F2N3O6S. The quantitative estimate of drug-likeness (QED) is 0.527. The number of aromatic nitrogens is 2. The molecule has 32 heavy (non-hydrogen) atoms. The van der Waals surface area contributed by atoms with Crippen LogP contribution in [0.25, 0.3) is 0 Å². The fourth-order valence-electron chi connectivity index (χ4n) is 2.66. The smallest absolute Gasteiger partial charge is 0.290 e. The van der Waals surface area contributed by atoms with Gasteiger partial charge in [-0.1, -0.05) is 0 Å². The molecule has 0 aliphatic rings. The number of methoxy groups -OCH3 is 2. The Balaban J connectivity index is 0.00000114. The second-order valence-electron chi connectivity index (χ2n) is 5.94. The molecule has 0 unspecified atom stereocenters. The zero-order chi connectivity index (χ0) is 23.7. The van der Waals surface area contributed by atoms with Crippen molar-refractivity contribution in [2.75, 3.05) is 18.5 Å². The SMILES string of the molecule is COc1ccc(CN(c2ccncn2)S(=O)(=O)c2ccc(F)cc2F)c(OC)c1.O=CO. The monoisotopic (exact) mass is 467 g/mol. The Morgan fingerprint density at radius 2 is 1.81 bits per heavy atom. The standard InChI is InChI=1S/C19H17F2N3O4S.CH2O2/c1-27-15-5-3-13(17(10-15)28-2)11-24(19-7-8-22-12-23-19)29(25,26)18-6-4-14(20)9-16(18)21;2-1-3/h3-10,12H,11H2,1-2H3;1H,(H,2,3). The molecule has 0 aliphatic carbocycles. The fourth-order valence-corrected chi connectivity index (χ4v) is 4.11. The minimum Gasteiger partial charge on any atom is -0.497 e. The van der Waals surface area contributed by atoms with E-state index in [1.54, 1.807) is 18.2 Å². The summed E-state index contributed by atoms with van der Waals surface area (Å²) < 4.78 is 65.4. The van der Waals surface area contributed by atoms with Gasteiger partial charge in [0.2, 0.25) is 0 Å². The zero-order valence-corrected chi connectivity index (χ0v) is 17.8. The number of ether oxygens (including phenoxy) is 2. The molecule has 170 valence electrons. The second kappa shape index (κ2) is 11.0. The van der Waals surface area contributed by atoms with Gasteiger partial charge in [-0.2, -0.15) is 0 Å². The first kappa shape index (κ1) is 24.5. The predicted octanol–water partition coefficient (Wildman–Crippen LogP) is 2.87. The average Bonchev–Trinajstić information content (AvgIpc) is 2.78. The van der Waals surface area contributed by atoms with Crippen molar-refractivity contribution in [3.8, 4) is 11.5 Å². The highest BCUT2D eigenvalue weighted by Crippen LogP contribution is 2.30. The third-order valence-corrected chi connectivity index (χ3v) is 5.88. The molecule has 0 saturated carbocycles. The van der Waals surface area contributed by atoms with Crippen molar-refractivity contribution in [3.63, 3.8) is 0 Å². The first-order valence-electron chi connectivity index (χ1n) is 8.81. The molecule has 3 aromatic rings. The van der Waals surface area contributed by atoms with E-state index in [4.69, 9.17) is 19.4 Å². The van der Waals surface area contributed by atoms with Crippen molar-refractivity contribution in [1.82, 2.24) is 9.97 Å². The normalized spacial score (nSPS) is 10.5. The summed E-state index contributed by atoms with van der Waals surface area (Å²) >= 11 is 0. The number of hydrogen-bond acceptors (Lipinski definition) is 7. The van der Waals surface area contributed by atoms with E-state index in [-0.39, 0.29) is 18.8 Å². The third kappa shape index (κ3) is 5.66. The summed E-state index contributed by atoms with van der Waals surface area (Å²) in [6, 6.07) is 8.50. The van der Waals surface area contributed by atoms with Crippen LogP contribution in [0.3, 0.4) is 0 Å². The molecule has 1 N–H and O–H groups in total. The van der Waals surface area contributed by atoms with E-state index >= 15 is 0 Å². The summed E-state index contributed by atoms with van der Waals surface area (Å²) in [5, 5.41) is 6.89. The molecule has 1 heterocycles. The molecule has 0 bridgehead atoms. The number of sulfonamides is 1. The van der Waals surface area contributed by atoms with Gasteiger partial charge in [-0.25, -0.2) is 31.5 Å². The van der Waals surface area contributed by atoms with Crippen LogP contribution in [0.4, 0.5) is 14.6 Å². The number of anilines is 1. The zero-order valence-electron chi connectivity index (χ0n) is 17.0. The molecule has 0 radical (unpaired) electrons. The maximum Gasteiger partial charge on any atom is 0.290 e. The Labute approximate surface area is 182 Å². The van der Waals surface area contributed by atoms with Gasteiger partial charge in [0, 0.05) is 30.0 Å². The van der Waals surface area contributed by atoms with E-state index in [9.17, 15) is 17.2 Å². The molecule has 1 aromatic heterocycles. The molecule has 0 fully saturated rings. The van der Waals surface area contributed by atoms with Crippen LogP contribution in [0.5, 0.6) is 11.5 Å². The molecular weight excluding hydrogens is 448 g/mol. The lowest BCUT2D eigenvalue weighted by Gasteiger charge is -2.24. The maximum atomic E-state index is 14.3. The second-order valence-corrected chi connectivity index (χ2v) is 7.77. The van der Waals surface area contributed by atoms with Crippen LogP contribution in [0.15, 0.2) is 59.9 Å². The van der Waals surface area contributed by atoms with Gasteiger partial charge in [0.15, 0.2) is 0 Å². The van der Waals surface area contributed by atoms with Crippen LogP contribution < -0.4 is 13.8 Å². The Bertz CT molecular complexity index is 1160. The van der Waals surface area contributed by atoms with E-state index in [0.29, 0.717) is 23.1 Å². The minimum atomic E-state index is -4.43. The fraction of sp³-hybridized carbons (Fsp3) is 0.150. The molecule has 9 nitrogen and oxygen atoms in total. The van der Waals surface area contributed by atoms with Crippen LogP contribution in [0.2, 0.25) is 0 Å². The lowest BCUT2D eigenvalue weighted by molar-refractivity contribution is -0.122. The minimum absolute atomic E-state index is 0.0154. The van der Waals surface area contributed by atoms with Crippen molar-refractivity contribution in [2.45, 2.75) is 11.4 Å². The number of rotatable bonds is 7. The Kier molecular flexibility index (Phi) is 8.41. The Hall–Kier alpha value is -3.80. The maximum absolute atomic E-state index is 14.3. The highest BCUT2D eigenvalue weighted by atomic mass is 32.2. The molecule has 2 aromatic carbocycles. The van der Waals surface area contributed by atoms with Gasteiger partial charge in [0.05, 0.1) is 20.8 Å². The summed E-state index contributed by atoms with van der Waals surface area (Å²) in [4.78, 5) is 15.4. The summed E-state index contributed by atoms with van der Waals surface area (Å²) in [5.41, 5.74) is 0.484. The largest absolute Gasteiger partial charge is 0.497 e. The van der Waals surface area contributed by atoms with E-state index in [2.05, 4.69) is 9.97 Å². The number of benzene rings is 2. The van der Waals surface area contributed by atoms with Crippen molar-refractivity contribution in [3.05, 3.63) is 72.2 Å². The topological polar surface area (TPSA) is 119 Å². The summed E-state index contributed by atoms with van der Waals surface area (Å²) in [7, 11) is -1.50. The van der Waals surface area contributed by atoms with Gasteiger partial charge in [-0.05, 0) is 24.3 Å². The van der Waals surface area contributed by atoms with Crippen LogP contribution in [0.1, 0.15) is 5.56 Å². The van der Waals surface area contributed by atoms with Crippen molar-refractivity contribution >= 4 is 22.3 Å². The van der Waals surface area contributed by atoms with Crippen LogP contribution in [-0.4, -0.2) is 44.2 Å². The van der Waals surface area contributed by atoms with Crippen LogP contribution in [0, 0.1) is 11.6 Å². The molecule has 0 aliphatic heterocycles. The third-order valence-electron chi connectivity index (χ3n) is 4.09. The van der Waals surface area contributed by atoms with Gasteiger partial charge in [-0.15, -0.1) is 0 Å². The highest BCUT2D eigenvalue weighted by molar-refractivity contribution is 7.92. The summed E-state index contributed by atoms with van der Waals surface area (Å²) in [6.07, 6.45) is 2.53. The molecule has 0 amide bonds. The van der Waals surface area contributed by atoms with Gasteiger partial charge in [0.25, 0.3) is 16.5 Å². The number of carboxylic acid groups (broad SMARTS) is 1. The Morgan fingerprint density at radius 3 is 2.38 bits per heavy atom. The molecule has 12 heteroatoms.